The van der Waals surface area contributed by atoms with Gasteiger partial charge in [-0.1, -0.05) is 91.0 Å². The summed E-state index contributed by atoms with van der Waals surface area (Å²) in [6.07, 6.45) is 0.847. The van der Waals surface area contributed by atoms with Gasteiger partial charge in [0.05, 0.1) is 18.7 Å². The Morgan fingerprint density at radius 2 is 1.44 bits per heavy atom. The number of nitrogens with zero attached hydrogens (tertiary/aromatic N) is 3. The van der Waals surface area contributed by atoms with Crippen LogP contribution in [-0.2, 0) is 21.5 Å². The quantitative estimate of drug-likeness (QED) is 0.208. The highest BCUT2D eigenvalue weighted by Gasteiger charge is 2.41. The fourth-order valence-electron chi connectivity index (χ4n) is 4.31. The topological polar surface area (TPSA) is 48.5 Å². The first-order valence-electron chi connectivity index (χ1n) is 11.0. The minimum atomic E-state index is -1.08. The van der Waals surface area contributed by atoms with E-state index in [0.717, 1.165) is 16.7 Å². The van der Waals surface area contributed by atoms with Crippen LogP contribution in [0.2, 0.25) is 0 Å². The summed E-state index contributed by atoms with van der Waals surface area (Å²) in [5.74, 6) is -0.632. The smallest absolute Gasteiger partial charge is 0.390 e. The molecule has 0 bridgehead atoms. The van der Waals surface area contributed by atoms with Gasteiger partial charge in [-0.05, 0) is 23.6 Å². The van der Waals surface area contributed by atoms with Crippen molar-refractivity contribution >= 4 is 5.97 Å². The predicted octanol–water partition coefficient (Wildman–Crippen LogP) is 5.26. The van der Waals surface area contributed by atoms with Crippen LogP contribution in [0.25, 0.3) is 4.85 Å². The SMILES string of the molecule is [C-]#[N+]C(Cc1cn(C(c2ccccc2)(c2ccccc2)c2ccccc2)c(F)n1)C(=O)OCC. The van der Waals surface area contributed by atoms with Gasteiger partial charge in [0.25, 0.3) is 6.08 Å². The van der Waals surface area contributed by atoms with Crippen molar-refractivity contribution in [3.63, 3.8) is 0 Å². The van der Waals surface area contributed by atoms with E-state index < -0.39 is 23.6 Å². The number of ether oxygens (including phenoxy) is 1. The molecule has 0 saturated carbocycles. The van der Waals surface area contributed by atoms with Gasteiger partial charge in [-0.3, -0.25) is 4.57 Å². The summed E-state index contributed by atoms with van der Waals surface area (Å²) in [5.41, 5.74) is 1.79. The number of carbonyl (C=O) groups is 1. The molecule has 1 unspecified atom stereocenters. The van der Waals surface area contributed by atoms with Crippen molar-refractivity contribution < 1.29 is 13.9 Å². The summed E-state index contributed by atoms with van der Waals surface area (Å²) >= 11 is 0. The maximum atomic E-state index is 15.7. The van der Waals surface area contributed by atoms with E-state index in [9.17, 15) is 4.79 Å². The molecule has 3 aromatic carbocycles. The number of esters is 1. The zero-order valence-corrected chi connectivity index (χ0v) is 18.8. The molecule has 4 aromatic rings. The average molecular weight is 454 g/mol. The Morgan fingerprint density at radius 1 is 0.971 bits per heavy atom. The van der Waals surface area contributed by atoms with Crippen molar-refractivity contribution in [3.8, 4) is 0 Å². The molecule has 0 amide bonds. The lowest BCUT2D eigenvalue weighted by Gasteiger charge is -2.37. The number of aromatic nitrogens is 2. The third kappa shape index (κ3) is 4.20. The van der Waals surface area contributed by atoms with Gasteiger partial charge < -0.3 is 9.58 Å². The Bertz CT molecular complexity index is 1190. The lowest BCUT2D eigenvalue weighted by Crippen LogP contribution is -2.38. The Balaban J connectivity index is 1.94. The summed E-state index contributed by atoms with van der Waals surface area (Å²) in [4.78, 5) is 19.7. The Kier molecular flexibility index (Phi) is 6.84. The van der Waals surface area contributed by atoms with Gasteiger partial charge in [0.2, 0.25) is 0 Å². The minimum Gasteiger partial charge on any atom is -0.460 e. The lowest BCUT2D eigenvalue weighted by atomic mass is 9.76. The van der Waals surface area contributed by atoms with Gasteiger partial charge in [-0.15, -0.1) is 0 Å². The number of hydrogen-bond acceptors (Lipinski definition) is 3. The molecule has 34 heavy (non-hydrogen) atoms. The fourth-order valence-corrected chi connectivity index (χ4v) is 4.31. The van der Waals surface area contributed by atoms with E-state index in [4.69, 9.17) is 11.3 Å². The second-order valence-corrected chi connectivity index (χ2v) is 7.78. The van der Waals surface area contributed by atoms with Crippen LogP contribution >= 0.6 is 0 Å². The van der Waals surface area contributed by atoms with E-state index in [0.29, 0.717) is 5.69 Å². The highest BCUT2D eigenvalue weighted by molar-refractivity contribution is 5.78. The first-order valence-corrected chi connectivity index (χ1v) is 11.0. The molecule has 0 aliphatic rings. The molecule has 0 aliphatic carbocycles. The lowest BCUT2D eigenvalue weighted by molar-refractivity contribution is -0.143. The van der Waals surface area contributed by atoms with E-state index in [1.807, 2.05) is 91.0 Å². The Labute approximate surface area is 198 Å². The normalized spacial score (nSPS) is 12.0. The van der Waals surface area contributed by atoms with E-state index in [-0.39, 0.29) is 13.0 Å². The van der Waals surface area contributed by atoms with Crippen LogP contribution in [0.5, 0.6) is 0 Å². The Hall–Kier alpha value is -4.24. The van der Waals surface area contributed by atoms with E-state index in [2.05, 4.69) is 9.83 Å². The maximum absolute atomic E-state index is 15.7. The fraction of sp³-hybridized carbons (Fsp3) is 0.179. The molecule has 5 nitrogen and oxygen atoms in total. The van der Waals surface area contributed by atoms with Gasteiger partial charge >= 0.3 is 12.0 Å². The van der Waals surface area contributed by atoms with Crippen molar-refractivity contribution in [2.45, 2.75) is 24.9 Å². The number of halogens is 1. The Morgan fingerprint density at radius 3 is 1.85 bits per heavy atom. The van der Waals surface area contributed by atoms with Crippen LogP contribution in [-0.4, -0.2) is 28.2 Å². The van der Waals surface area contributed by atoms with Gasteiger partial charge in [-0.2, -0.15) is 4.39 Å². The second-order valence-electron chi connectivity index (χ2n) is 7.78. The van der Waals surface area contributed by atoms with E-state index in [1.54, 1.807) is 13.1 Å². The summed E-state index contributed by atoms with van der Waals surface area (Å²) in [6.45, 7) is 9.26. The average Bonchev–Trinajstić information content (AvgIpc) is 3.25. The molecule has 1 aromatic heterocycles. The zero-order valence-electron chi connectivity index (χ0n) is 18.8. The summed E-state index contributed by atoms with van der Waals surface area (Å²) < 4.78 is 22.2. The predicted molar refractivity (Wildman–Crippen MR) is 128 cm³/mol. The first-order chi connectivity index (χ1) is 16.6. The van der Waals surface area contributed by atoms with Crippen LogP contribution in [0.1, 0.15) is 29.3 Å². The molecule has 6 heteroatoms. The third-order valence-electron chi connectivity index (χ3n) is 5.77. The largest absolute Gasteiger partial charge is 0.460 e. The molecule has 4 rings (SSSR count). The van der Waals surface area contributed by atoms with Crippen LogP contribution in [0.3, 0.4) is 0 Å². The highest BCUT2D eigenvalue weighted by Crippen LogP contribution is 2.41. The molecule has 0 spiro atoms. The molecule has 0 fully saturated rings. The second kappa shape index (κ2) is 10.1. The molecular weight excluding hydrogens is 429 g/mol. The van der Waals surface area contributed by atoms with Crippen molar-refractivity contribution in [1.29, 1.82) is 0 Å². The molecule has 0 aliphatic heterocycles. The minimum absolute atomic E-state index is 0.0410. The number of rotatable bonds is 8. The van der Waals surface area contributed by atoms with Gasteiger partial charge in [0.15, 0.2) is 0 Å². The molecule has 0 N–H and O–H groups in total. The summed E-state index contributed by atoms with van der Waals surface area (Å²) in [7, 11) is 0. The maximum Gasteiger partial charge on any atom is 0.390 e. The molecule has 0 saturated heterocycles. The highest BCUT2D eigenvalue weighted by atomic mass is 19.1. The molecule has 170 valence electrons. The number of carbonyl (C=O) groups excluding carboxylic acids is 1. The van der Waals surface area contributed by atoms with Crippen molar-refractivity contribution in [3.05, 3.63) is 137 Å². The number of imidazole rings is 1. The van der Waals surface area contributed by atoms with Crippen molar-refractivity contribution in [2.75, 3.05) is 6.61 Å². The van der Waals surface area contributed by atoms with Crippen LogP contribution < -0.4 is 0 Å². The van der Waals surface area contributed by atoms with Crippen molar-refractivity contribution in [1.82, 2.24) is 9.55 Å². The molecule has 1 heterocycles. The van der Waals surface area contributed by atoms with Crippen molar-refractivity contribution in [2.24, 2.45) is 0 Å². The number of benzene rings is 3. The van der Waals surface area contributed by atoms with E-state index in [1.165, 1.54) is 4.57 Å². The molecule has 0 radical (unpaired) electrons. The zero-order chi connectivity index (χ0) is 24.0. The van der Waals surface area contributed by atoms with Crippen LogP contribution in [0.15, 0.2) is 97.2 Å². The van der Waals surface area contributed by atoms with E-state index >= 15 is 4.39 Å². The number of hydrogen-bond donors (Lipinski definition) is 0. The third-order valence-corrected chi connectivity index (χ3v) is 5.77. The van der Waals surface area contributed by atoms with Crippen LogP contribution in [0.4, 0.5) is 4.39 Å². The monoisotopic (exact) mass is 453 g/mol. The van der Waals surface area contributed by atoms with Gasteiger partial charge in [-0.25, -0.2) is 16.4 Å². The molecule has 1 atom stereocenters. The first kappa shape index (κ1) is 22.9. The van der Waals surface area contributed by atoms with Gasteiger partial charge in [0.1, 0.15) is 5.54 Å². The van der Waals surface area contributed by atoms with Gasteiger partial charge in [0, 0.05) is 6.20 Å². The van der Waals surface area contributed by atoms with Crippen LogP contribution in [0, 0.1) is 12.7 Å². The molecular formula is C28H24FN3O2. The summed E-state index contributed by atoms with van der Waals surface area (Å²) in [6, 6.07) is 27.9. The standard InChI is InChI=1S/C28H24FN3O2/c1-3-34-26(33)25(30-2)19-24-20-32(27(29)31-24)28(21-13-7-4-8-14-21,22-15-9-5-10-16-22)23-17-11-6-12-18-23/h4-18,20,25H,3,19H2,1H3. The summed E-state index contributed by atoms with van der Waals surface area (Å²) in [5, 5.41) is 0.